The number of ether oxygens (including phenoxy) is 1. The lowest BCUT2D eigenvalue weighted by molar-refractivity contribution is 0.0958. The van der Waals surface area contributed by atoms with Crippen LogP contribution < -0.4 is 5.73 Å². The molecule has 74 valence electrons. The molecule has 1 aromatic rings. The van der Waals surface area contributed by atoms with Gasteiger partial charge < -0.3 is 10.5 Å². The van der Waals surface area contributed by atoms with E-state index in [-0.39, 0.29) is 12.1 Å². The van der Waals surface area contributed by atoms with E-state index < -0.39 is 0 Å². The first-order valence-corrected chi connectivity index (χ1v) is 5.77. The largest absolute Gasteiger partial charge is 0.380 e. The fourth-order valence-corrected chi connectivity index (χ4v) is 2.59. The van der Waals surface area contributed by atoms with Crippen LogP contribution in [0.1, 0.15) is 11.8 Å². The van der Waals surface area contributed by atoms with Crippen molar-refractivity contribution in [3.63, 3.8) is 0 Å². The number of rotatable bonds is 4. The SMILES string of the molecule is COC(C)C(N)Cc1ccc(Br)s1. The first-order chi connectivity index (χ1) is 6.13. The molecule has 1 rings (SSSR count). The Kier molecular flexibility index (Phi) is 4.38. The van der Waals surface area contributed by atoms with E-state index in [0.29, 0.717) is 0 Å². The van der Waals surface area contributed by atoms with Crippen LogP contribution in [0.4, 0.5) is 0 Å². The van der Waals surface area contributed by atoms with Crippen molar-refractivity contribution >= 4 is 27.3 Å². The zero-order valence-corrected chi connectivity index (χ0v) is 10.2. The van der Waals surface area contributed by atoms with Gasteiger partial charge in [0.1, 0.15) is 0 Å². The van der Waals surface area contributed by atoms with E-state index in [1.54, 1.807) is 18.4 Å². The fraction of sp³-hybridized carbons (Fsp3) is 0.556. The quantitative estimate of drug-likeness (QED) is 0.906. The maximum absolute atomic E-state index is 5.94. The molecular weight excluding hydrogens is 250 g/mol. The van der Waals surface area contributed by atoms with Gasteiger partial charge in [-0.15, -0.1) is 11.3 Å². The number of methoxy groups -OCH3 is 1. The number of thiophene rings is 1. The van der Waals surface area contributed by atoms with E-state index >= 15 is 0 Å². The fourth-order valence-electron chi connectivity index (χ4n) is 1.03. The molecule has 4 heteroatoms. The van der Waals surface area contributed by atoms with Gasteiger partial charge in [-0.2, -0.15) is 0 Å². The summed E-state index contributed by atoms with van der Waals surface area (Å²) in [6.07, 6.45) is 0.992. The molecule has 1 heterocycles. The second-order valence-electron chi connectivity index (χ2n) is 3.01. The van der Waals surface area contributed by atoms with Gasteiger partial charge in [-0.05, 0) is 41.4 Å². The van der Waals surface area contributed by atoms with E-state index in [9.17, 15) is 0 Å². The third-order valence-corrected chi connectivity index (χ3v) is 3.69. The summed E-state index contributed by atoms with van der Waals surface area (Å²) in [6.45, 7) is 1.99. The molecule has 0 aliphatic rings. The molecule has 0 saturated carbocycles. The predicted molar refractivity (Wildman–Crippen MR) is 60.2 cm³/mol. The highest BCUT2D eigenvalue weighted by Crippen LogP contribution is 2.23. The van der Waals surface area contributed by atoms with Gasteiger partial charge in [0.15, 0.2) is 0 Å². The molecule has 0 bridgehead atoms. The molecule has 2 unspecified atom stereocenters. The van der Waals surface area contributed by atoms with Crippen molar-refractivity contribution in [1.82, 2.24) is 0 Å². The third kappa shape index (κ3) is 3.38. The van der Waals surface area contributed by atoms with Crippen molar-refractivity contribution in [2.45, 2.75) is 25.5 Å². The molecule has 0 fully saturated rings. The van der Waals surface area contributed by atoms with Crippen molar-refractivity contribution in [3.8, 4) is 0 Å². The van der Waals surface area contributed by atoms with Gasteiger partial charge in [0.2, 0.25) is 0 Å². The summed E-state index contributed by atoms with van der Waals surface area (Å²) < 4.78 is 6.31. The number of halogens is 1. The first-order valence-electron chi connectivity index (χ1n) is 4.16. The van der Waals surface area contributed by atoms with Gasteiger partial charge in [0, 0.05) is 18.0 Å². The van der Waals surface area contributed by atoms with Crippen LogP contribution in [-0.2, 0) is 11.2 Å². The molecule has 0 aliphatic heterocycles. The van der Waals surface area contributed by atoms with Gasteiger partial charge in [0.25, 0.3) is 0 Å². The first kappa shape index (κ1) is 11.2. The average molecular weight is 264 g/mol. The Morgan fingerprint density at radius 1 is 1.62 bits per heavy atom. The maximum atomic E-state index is 5.94. The lowest BCUT2D eigenvalue weighted by atomic mass is 10.1. The highest BCUT2D eigenvalue weighted by atomic mass is 79.9. The summed E-state index contributed by atoms with van der Waals surface area (Å²) in [4.78, 5) is 1.29. The zero-order chi connectivity index (χ0) is 9.84. The molecule has 0 saturated heterocycles. The van der Waals surface area contributed by atoms with Crippen molar-refractivity contribution in [1.29, 1.82) is 0 Å². The summed E-state index contributed by atoms with van der Waals surface area (Å²) in [5.41, 5.74) is 5.94. The van der Waals surface area contributed by atoms with Crippen molar-refractivity contribution in [2.24, 2.45) is 5.73 Å². The van der Waals surface area contributed by atoms with E-state index in [4.69, 9.17) is 10.5 Å². The smallest absolute Gasteiger partial charge is 0.0701 e. The van der Waals surface area contributed by atoms with Crippen molar-refractivity contribution in [2.75, 3.05) is 7.11 Å². The zero-order valence-electron chi connectivity index (χ0n) is 7.79. The average Bonchev–Trinajstić information content (AvgIpc) is 2.49. The molecule has 0 spiro atoms. The molecule has 2 nitrogen and oxygen atoms in total. The van der Waals surface area contributed by atoms with Gasteiger partial charge in [-0.25, -0.2) is 0 Å². The summed E-state index contributed by atoms with van der Waals surface area (Å²) >= 11 is 5.15. The molecule has 2 atom stereocenters. The summed E-state index contributed by atoms with van der Waals surface area (Å²) in [5.74, 6) is 0. The van der Waals surface area contributed by atoms with E-state index in [1.807, 2.05) is 13.0 Å². The van der Waals surface area contributed by atoms with Crippen LogP contribution in [0, 0.1) is 0 Å². The number of hydrogen-bond acceptors (Lipinski definition) is 3. The second kappa shape index (κ2) is 5.10. The van der Waals surface area contributed by atoms with Crippen LogP contribution in [0.15, 0.2) is 15.9 Å². The Bertz CT molecular complexity index is 264. The van der Waals surface area contributed by atoms with Crippen LogP contribution in [0.25, 0.3) is 0 Å². The molecule has 0 aliphatic carbocycles. The Morgan fingerprint density at radius 3 is 2.77 bits per heavy atom. The van der Waals surface area contributed by atoms with Crippen LogP contribution in [0.5, 0.6) is 0 Å². The highest BCUT2D eigenvalue weighted by molar-refractivity contribution is 9.11. The number of nitrogens with two attached hydrogens (primary N) is 1. The summed E-state index contributed by atoms with van der Waals surface area (Å²) in [6, 6.07) is 4.22. The van der Waals surface area contributed by atoms with Crippen LogP contribution >= 0.6 is 27.3 Å². The van der Waals surface area contributed by atoms with Crippen LogP contribution in [0.2, 0.25) is 0 Å². The molecule has 13 heavy (non-hydrogen) atoms. The summed E-state index contributed by atoms with van der Waals surface area (Å²) in [7, 11) is 1.69. The normalized spacial score (nSPS) is 15.7. The van der Waals surface area contributed by atoms with Gasteiger partial charge in [-0.3, -0.25) is 0 Å². The predicted octanol–water partition coefficient (Wildman–Crippen LogP) is 2.42. The molecule has 0 amide bonds. The second-order valence-corrected chi connectivity index (χ2v) is 5.56. The Labute approximate surface area is 91.2 Å². The van der Waals surface area contributed by atoms with E-state index in [2.05, 4.69) is 22.0 Å². The lowest BCUT2D eigenvalue weighted by Gasteiger charge is -2.17. The molecule has 0 aromatic carbocycles. The molecule has 0 radical (unpaired) electrons. The standard InChI is InChI=1S/C9H14BrNOS/c1-6(12-2)8(11)5-7-3-4-9(10)13-7/h3-4,6,8H,5,11H2,1-2H3. The minimum atomic E-state index is 0.0792. The van der Waals surface area contributed by atoms with Crippen molar-refractivity contribution in [3.05, 3.63) is 20.8 Å². The monoisotopic (exact) mass is 263 g/mol. The highest BCUT2D eigenvalue weighted by Gasteiger charge is 2.13. The topological polar surface area (TPSA) is 35.2 Å². The van der Waals surface area contributed by atoms with Gasteiger partial charge in [-0.1, -0.05) is 0 Å². The van der Waals surface area contributed by atoms with Crippen LogP contribution in [0.3, 0.4) is 0 Å². The Morgan fingerprint density at radius 2 is 2.31 bits per heavy atom. The maximum Gasteiger partial charge on any atom is 0.0701 e. The molecule has 1 aromatic heterocycles. The van der Waals surface area contributed by atoms with Gasteiger partial charge in [0.05, 0.1) is 9.89 Å². The third-order valence-electron chi connectivity index (χ3n) is 2.04. The van der Waals surface area contributed by atoms with Crippen molar-refractivity contribution < 1.29 is 4.74 Å². The Hall–Kier alpha value is 0.1000. The lowest BCUT2D eigenvalue weighted by Crippen LogP contribution is -2.35. The Balaban J connectivity index is 2.49. The molecular formula is C9H14BrNOS. The van der Waals surface area contributed by atoms with Crippen LogP contribution in [-0.4, -0.2) is 19.3 Å². The minimum Gasteiger partial charge on any atom is -0.380 e. The van der Waals surface area contributed by atoms with E-state index in [0.717, 1.165) is 10.2 Å². The summed E-state index contributed by atoms with van der Waals surface area (Å²) in [5, 5.41) is 0. The minimum absolute atomic E-state index is 0.0792. The van der Waals surface area contributed by atoms with Gasteiger partial charge >= 0.3 is 0 Å². The molecule has 2 N–H and O–H groups in total. The number of hydrogen-bond donors (Lipinski definition) is 1. The van der Waals surface area contributed by atoms with E-state index in [1.165, 1.54) is 4.88 Å².